The lowest BCUT2D eigenvalue weighted by molar-refractivity contribution is -0.167. The Balaban J connectivity index is 4.11. The molecule has 62 heavy (non-hydrogen) atoms. The average Bonchev–Trinajstić information content (AvgIpc) is 3.27. The van der Waals surface area contributed by atoms with Gasteiger partial charge in [-0.3, -0.25) is 14.4 Å². The van der Waals surface area contributed by atoms with Crippen molar-refractivity contribution in [3.63, 3.8) is 0 Å². The maximum atomic E-state index is 12.7. The van der Waals surface area contributed by atoms with Crippen LogP contribution in [0.4, 0.5) is 0 Å². The zero-order chi connectivity index (χ0) is 45.1. The fourth-order valence-electron chi connectivity index (χ4n) is 7.61. The molecule has 0 fully saturated rings. The molecule has 0 amide bonds. The van der Waals surface area contributed by atoms with Crippen molar-refractivity contribution in [1.82, 2.24) is 0 Å². The van der Waals surface area contributed by atoms with Crippen LogP contribution < -0.4 is 0 Å². The highest BCUT2D eigenvalue weighted by Crippen LogP contribution is 2.16. The second-order valence-electron chi connectivity index (χ2n) is 17.8. The van der Waals surface area contributed by atoms with Gasteiger partial charge in [-0.2, -0.15) is 0 Å². The number of allylic oxidation sites excluding steroid dienone is 8. The van der Waals surface area contributed by atoms with Gasteiger partial charge in [0.2, 0.25) is 0 Å². The van der Waals surface area contributed by atoms with Crippen LogP contribution in [0, 0.1) is 0 Å². The number of ether oxygens (including phenoxy) is 3. The Kier molecular flexibility index (Phi) is 48.8. The maximum absolute atomic E-state index is 12.7. The molecule has 0 saturated carbocycles. The first-order chi connectivity index (χ1) is 30.5. The minimum atomic E-state index is -0.766. The van der Waals surface area contributed by atoms with Gasteiger partial charge in [0.25, 0.3) is 0 Å². The molecule has 6 heteroatoms. The molecule has 0 aromatic carbocycles. The van der Waals surface area contributed by atoms with Crippen molar-refractivity contribution in [2.75, 3.05) is 13.2 Å². The summed E-state index contributed by atoms with van der Waals surface area (Å²) in [4.78, 5) is 37.8. The molecule has 0 aliphatic heterocycles. The lowest BCUT2D eigenvalue weighted by Crippen LogP contribution is -2.30. The summed E-state index contributed by atoms with van der Waals surface area (Å²) in [7, 11) is 0. The fourth-order valence-corrected chi connectivity index (χ4v) is 7.61. The highest BCUT2D eigenvalue weighted by molar-refractivity contribution is 5.71. The summed E-state index contributed by atoms with van der Waals surface area (Å²) in [6, 6.07) is 0. The van der Waals surface area contributed by atoms with Gasteiger partial charge in [0.15, 0.2) is 6.10 Å². The Labute approximate surface area is 384 Å². The minimum Gasteiger partial charge on any atom is -0.462 e. The molecule has 0 aliphatic rings. The maximum Gasteiger partial charge on any atom is 0.306 e. The number of carbonyl (C=O) groups excluding carboxylic acids is 3. The lowest BCUT2D eigenvalue weighted by atomic mass is 10.0. The fraction of sp³-hybridized carbons (Fsp3) is 0.804. The van der Waals surface area contributed by atoms with E-state index in [1.165, 1.54) is 148 Å². The monoisotopic (exact) mass is 869 g/mol. The SMILES string of the molecule is CC/C=C\C/C=C\C/C=C\C/C=C\CCCCCCCCCCCCCCC(=O)OCC(COC(=O)CCCCCCCCC)OC(=O)CCCCCCCCCCCCCC. The summed E-state index contributed by atoms with van der Waals surface area (Å²) in [5, 5.41) is 0. The van der Waals surface area contributed by atoms with E-state index in [1.54, 1.807) is 0 Å². The standard InChI is InChI=1S/C56H100O6/c1-4-7-10-13-16-18-20-22-23-24-25-26-27-28-29-30-31-32-33-34-36-37-40-43-46-49-55(58)61-52-53(51-60-54(57)48-45-42-39-15-12-9-6-3)62-56(59)50-47-44-41-38-35-21-19-17-14-11-8-5-2/h7,10,16,18,22-23,25-26,53H,4-6,8-9,11-15,17,19-21,24,27-52H2,1-3H3/b10-7-,18-16-,23-22-,26-25-. The quantitative estimate of drug-likeness (QED) is 0.0262. The minimum absolute atomic E-state index is 0.0700. The molecule has 0 spiro atoms. The van der Waals surface area contributed by atoms with Gasteiger partial charge in [-0.25, -0.2) is 0 Å². The normalized spacial score (nSPS) is 12.4. The van der Waals surface area contributed by atoms with E-state index in [0.29, 0.717) is 19.3 Å². The number of carbonyl (C=O) groups is 3. The lowest BCUT2D eigenvalue weighted by Gasteiger charge is -2.18. The van der Waals surface area contributed by atoms with Gasteiger partial charge in [0.1, 0.15) is 13.2 Å². The van der Waals surface area contributed by atoms with Crippen LogP contribution in [0.1, 0.15) is 271 Å². The van der Waals surface area contributed by atoms with E-state index < -0.39 is 6.10 Å². The van der Waals surface area contributed by atoms with E-state index in [0.717, 1.165) is 83.5 Å². The van der Waals surface area contributed by atoms with Gasteiger partial charge < -0.3 is 14.2 Å². The van der Waals surface area contributed by atoms with Crippen LogP contribution in [0.25, 0.3) is 0 Å². The first-order valence-electron chi connectivity index (χ1n) is 26.6. The number of esters is 3. The second-order valence-corrected chi connectivity index (χ2v) is 17.8. The van der Waals surface area contributed by atoms with Crippen LogP contribution >= 0.6 is 0 Å². The number of unbranched alkanes of at least 4 members (excludes halogenated alkanes) is 29. The van der Waals surface area contributed by atoms with E-state index in [2.05, 4.69) is 69.4 Å². The third kappa shape index (κ3) is 48.4. The molecule has 0 bridgehead atoms. The molecule has 0 saturated heterocycles. The Morgan fingerprint density at radius 1 is 0.339 bits per heavy atom. The molecule has 360 valence electrons. The molecule has 0 aliphatic carbocycles. The summed E-state index contributed by atoms with van der Waals surface area (Å²) in [5.74, 6) is -0.870. The Morgan fingerprint density at radius 3 is 0.984 bits per heavy atom. The Hall–Kier alpha value is -2.63. The predicted octanol–water partition coefficient (Wildman–Crippen LogP) is 17.5. The molecule has 0 N–H and O–H groups in total. The first kappa shape index (κ1) is 59.4. The van der Waals surface area contributed by atoms with Crippen LogP contribution in [-0.4, -0.2) is 37.2 Å². The number of hydrogen-bond acceptors (Lipinski definition) is 6. The molecule has 0 aromatic rings. The van der Waals surface area contributed by atoms with E-state index in [4.69, 9.17) is 14.2 Å². The molecule has 6 nitrogen and oxygen atoms in total. The van der Waals surface area contributed by atoms with Crippen molar-refractivity contribution >= 4 is 17.9 Å². The van der Waals surface area contributed by atoms with Crippen LogP contribution in [0.5, 0.6) is 0 Å². The van der Waals surface area contributed by atoms with E-state index in [1.807, 2.05) is 0 Å². The highest BCUT2D eigenvalue weighted by atomic mass is 16.6. The summed E-state index contributed by atoms with van der Waals surface area (Å²) in [5.41, 5.74) is 0. The zero-order valence-electron chi connectivity index (χ0n) is 41.1. The second kappa shape index (κ2) is 51.0. The van der Waals surface area contributed by atoms with Crippen molar-refractivity contribution in [3.8, 4) is 0 Å². The average molecular weight is 869 g/mol. The van der Waals surface area contributed by atoms with Crippen LogP contribution in [-0.2, 0) is 28.6 Å². The van der Waals surface area contributed by atoms with Gasteiger partial charge in [0.05, 0.1) is 0 Å². The predicted molar refractivity (Wildman–Crippen MR) is 265 cm³/mol. The summed E-state index contributed by atoms with van der Waals surface area (Å²) >= 11 is 0. The van der Waals surface area contributed by atoms with Gasteiger partial charge in [-0.15, -0.1) is 0 Å². The van der Waals surface area contributed by atoms with Gasteiger partial charge in [-0.05, 0) is 57.8 Å². The summed E-state index contributed by atoms with van der Waals surface area (Å²) in [6.45, 7) is 6.50. The first-order valence-corrected chi connectivity index (χ1v) is 26.6. The van der Waals surface area contributed by atoms with E-state index in [-0.39, 0.29) is 31.1 Å². The molecular weight excluding hydrogens is 769 g/mol. The zero-order valence-corrected chi connectivity index (χ0v) is 41.1. The topological polar surface area (TPSA) is 78.9 Å². The largest absolute Gasteiger partial charge is 0.462 e. The van der Waals surface area contributed by atoms with Crippen LogP contribution in [0.15, 0.2) is 48.6 Å². The molecule has 0 radical (unpaired) electrons. The van der Waals surface area contributed by atoms with Gasteiger partial charge >= 0.3 is 17.9 Å². The van der Waals surface area contributed by atoms with Crippen molar-refractivity contribution in [3.05, 3.63) is 48.6 Å². The molecule has 1 atom stereocenters. The summed E-state index contributed by atoms with van der Waals surface area (Å²) < 4.78 is 16.7. The van der Waals surface area contributed by atoms with Gasteiger partial charge in [0, 0.05) is 19.3 Å². The molecule has 0 heterocycles. The van der Waals surface area contributed by atoms with Crippen LogP contribution in [0.2, 0.25) is 0 Å². The van der Waals surface area contributed by atoms with Crippen molar-refractivity contribution < 1.29 is 28.6 Å². The highest BCUT2D eigenvalue weighted by Gasteiger charge is 2.19. The van der Waals surface area contributed by atoms with Gasteiger partial charge in [-0.1, -0.05) is 243 Å². The van der Waals surface area contributed by atoms with Crippen molar-refractivity contribution in [2.24, 2.45) is 0 Å². The Morgan fingerprint density at radius 2 is 0.629 bits per heavy atom. The number of rotatable bonds is 48. The van der Waals surface area contributed by atoms with Crippen molar-refractivity contribution in [1.29, 1.82) is 0 Å². The third-order valence-electron chi connectivity index (χ3n) is 11.6. The Bertz CT molecular complexity index is 1090. The van der Waals surface area contributed by atoms with Crippen LogP contribution in [0.3, 0.4) is 0 Å². The van der Waals surface area contributed by atoms with Crippen molar-refractivity contribution in [2.45, 2.75) is 277 Å². The molecule has 0 aromatic heterocycles. The van der Waals surface area contributed by atoms with E-state index >= 15 is 0 Å². The molecular formula is C56H100O6. The smallest absolute Gasteiger partial charge is 0.306 e. The molecule has 0 rings (SSSR count). The van der Waals surface area contributed by atoms with E-state index in [9.17, 15) is 14.4 Å². The third-order valence-corrected chi connectivity index (χ3v) is 11.6. The number of hydrogen-bond donors (Lipinski definition) is 0. The molecule has 1 unspecified atom stereocenters. The summed E-state index contributed by atoms with van der Waals surface area (Å²) in [6.07, 6.45) is 61.2.